The van der Waals surface area contributed by atoms with Crippen molar-refractivity contribution >= 4 is 72.4 Å². The Morgan fingerprint density at radius 1 is 1.15 bits per heavy atom. The van der Waals surface area contributed by atoms with Gasteiger partial charge >= 0.3 is 5.91 Å². The molecule has 2 N–H and O–H groups in total. The molecule has 1 heterocycles. The summed E-state index contributed by atoms with van der Waals surface area (Å²) in [6.07, 6.45) is 1.43. The fourth-order valence-electron chi connectivity index (χ4n) is 2.82. The van der Waals surface area contributed by atoms with Gasteiger partial charge in [0.15, 0.2) is 5.76 Å². The number of rotatable bonds is 3. The Morgan fingerprint density at radius 3 is 2.81 bits per heavy atom. The van der Waals surface area contributed by atoms with Crippen LogP contribution in [0.15, 0.2) is 68.6 Å². The number of furan rings is 1. The Hall–Kier alpha value is -2.39. The van der Waals surface area contributed by atoms with Crippen LogP contribution in [0, 0.1) is 3.57 Å². The van der Waals surface area contributed by atoms with Crippen LogP contribution in [0.5, 0.6) is 5.75 Å². The van der Waals surface area contributed by atoms with Gasteiger partial charge < -0.3 is 9.52 Å². The van der Waals surface area contributed by atoms with Gasteiger partial charge in [0.05, 0.1) is 9.78 Å². The van der Waals surface area contributed by atoms with Crippen LogP contribution >= 0.6 is 38.5 Å². The van der Waals surface area contributed by atoms with Crippen molar-refractivity contribution in [2.75, 3.05) is 0 Å². The highest BCUT2D eigenvalue weighted by Crippen LogP contribution is 2.28. The fraction of sp³-hybridized carbons (Fsp3) is 0. The first-order valence-corrected chi connectivity index (χ1v) is 9.83. The average molecular weight is 535 g/mol. The van der Waals surface area contributed by atoms with Crippen molar-refractivity contribution in [2.24, 2.45) is 5.10 Å². The molecular formula is C20H12BrIN2O3. The number of amides is 1. The van der Waals surface area contributed by atoms with Gasteiger partial charge in [-0.2, -0.15) is 5.10 Å². The summed E-state index contributed by atoms with van der Waals surface area (Å²) in [7, 11) is 0. The zero-order chi connectivity index (χ0) is 19.0. The van der Waals surface area contributed by atoms with E-state index in [9.17, 15) is 9.90 Å². The van der Waals surface area contributed by atoms with Crippen molar-refractivity contribution in [2.45, 2.75) is 0 Å². The monoisotopic (exact) mass is 534 g/mol. The van der Waals surface area contributed by atoms with E-state index >= 15 is 0 Å². The Balaban J connectivity index is 1.60. The van der Waals surface area contributed by atoms with Crippen molar-refractivity contribution in [3.05, 3.63) is 74.0 Å². The van der Waals surface area contributed by atoms with E-state index in [1.54, 1.807) is 12.1 Å². The normalized spacial score (nSPS) is 11.5. The van der Waals surface area contributed by atoms with Crippen LogP contribution in [-0.2, 0) is 0 Å². The molecule has 0 radical (unpaired) electrons. The van der Waals surface area contributed by atoms with Gasteiger partial charge in [0.2, 0.25) is 0 Å². The highest BCUT2D eigenvalue weighted by atomic mass is 127. The smallest absolute Gasteiger partial charge is 0.307 e. The minimum atomic E-state index is -0.464. The Morgan fingerprint density at radius 2 is 1.96 bits per heavy atom. The topological polar surface area (TPSA) is 74.8 Å². The zero-order valence-corrected chi connectivity index (χ0v) is 17.5. The van der Waals surface area contributed by atoms with E-state index in [0.717, 1.165) is 24.2 Å². The van der Waals surface area contributed by atoms with Gasteiger partial charge in [-0.15, -0.1) is 0 Å². The molecular weight excluding hydrogens is 523 g/mol. The van der Waals surface area contributed by atoms with Crippen LogP contribution in [-0.4, -0.2) is 17.2 Å². The van der Waals surface area contributed by atoms with E-state index in [-0.39, 0.29) is 11.5 Å². The van der Waals surface area contributed by atoms with Gasteiger partial charge in [-0.25, -0.2) is 5.43 Å². The van der Waals surface area contributed by atoms with E-state index in [4.69, 9.17) is 4.42 Å². The first kappa shape index (κ1) is 18.0. The summed E-state index contributed by atoms with van der Waals surface area (Å²) in [6.45, 7) is 0. The van der Waals surface area contributed by atoms with E-state index in [2.05, 4.69) is 49.0 Å². The first-order chi connectivity index (χ1) is 13.0. The summed E-state index contributed by atoms with van der Waals surface area (Å²) in [5.41, 5.74) is 3.64. The lowest BCUT2D eigenvalue weighted by Gasteiger charge is -2.04. The maximum absolute atomic E-state index is 12.4. The third kappa shape index (κ3) is 3.57. The van der Waals surface area contributed by atoms with E-state index in [0.29, 0.717) is 11.1 Å². The highest BCUT2D eigenvalue weighted by Gasteiger charge is 2.14. The van der Waals surface area contributed by atoms with Crippen LogP contribution in [0.4, 0.5) is 0 Å². The largest absolute Gasteiger partial charge is 0.507 e. The second kappa shape index (κ2) is 7.32. The molecule has 0 spiro atoms. The number of hydrazone groups is 1. The number of carbonyl (C=O) groups is 1. The molecule has 1 aromatic heterocycles. The van der Waals surface area contributed by atoms with Crippen molar-refractivity contribution < 1.29 is 14.3 Å². The molecule has 134 valence electrons. The molecule has 5 nitrogen and oxygen atoms in total. The molecule has 0 unspecified atom stereocenters. The van der Waals surface area contributed by atoms with Gasteiger partial charge in [-0.1, -0.05) is 46.3 Å². The zero-order valence-electron chi connectivity index (χ0n) is 13.7. The molecule has 7 heteroatoms. The molecule has 0 saturated carbocycles. The molecule has 27 heavy (non-hydrogen) atoms. The Labute approximate surface area is 176 Å². The fourth-order valence-corrected chi connectivity index (χ4v) is 4.48. The number of nitrogens with zero attached hydrogens (tertiary/aromatic N) is 1. The van der Waals surface area contributed by atoms with Gasteiger partial charge in [-0.3, -0.25) is 4.79 Å². The number of hydrogen-bond acceptors (Lipinski definition) is 4. The van der Waals surface area contributed by atoms with Crippen LogP contribution in [0.25, 0.3) is 21.7 Å². The molecule has 0 fully saturated rings. The molecule has 1 amide bonds. The number of phenols is 1. The summed E-state index contributed by atoms with van der Waals surface area (Å²) in [5, 5.41) is 16.7. The lowest BCUT2D eigenvalue weighted by Crippen LogP contribution is -2.16. The van der Waals surface area contributed by atoms with Crippen molar-refractivity contribution in [3.8, 4) is 5.75 Å². The second-order valence-corrected chi connectivity index (χ2v) is 7.91. The quantitative estimate of drug-likeness (QED) is 0.209. The Bertz CT molecular complexity index is 1220. The summed E-state index contributed by atoms with van der Waals surface area (Å²) in [4.78, 5) is 12.4. The molecule has 0 aliphatic heterocycles. The van der Waals surface area contributed by atoms with Crippen molar-refractivity contribution in [1.29, 1.82) is 0 Å². The summed E-state index contributed by atoms with van der Waals surface area (Å²) in [5.74, 6) is -0.204. The molecule has 0 atom stereocenters. The van der Waals surface area contributed by atoms with E-state index < -0.39 is 5.91 Å². The Kier molecular flexibility index (Phi) is 4.88. The third-order valence-electron chi connectivity index (χ3n) is 4.07. The minimum absolute atomic E-state index is 0.0924. The molecule has 0 bridgehead atoms. The number of fused-ring (bicyclic) bond motifs is 2. The number of halogens is 2. The number of nitrogens with one attached hydrogen (secondary N) is 1. The first-order valence-electron chi connectivity index (χ1n) is 7.95. The highest BCUT2D eigenvalue weighted by molar-refractivity contribution is 14.1. The maximum atomic E-state index is 12.4. The van der Waals surface area contributed by atoms with E-state index in [1.807, 2.05) is 42.5 Å². The molecule has 0 saturated heterocycles. The molecule has 4 rings (SSSR count). The van der Waals surface area contributed by atoms with Gasteiger partial charge in [0.1, 0.15) is 11.3 Å². The second-order valence-electron chi connectivity index (χ2n) is 5.84. The maximum Gasteiger partial charge on any atom is 0.307 e. The van der Waals surface area contributed by atoms with Gasteiger partial charge in [-0.05, 0) is 57.6 Å². The third-order valence-corrected chi connectivity index (χ3v) is 5.33. The summed E-state index contributed by atoms with van der Waals surface area (Å²) in [6, 6.07) is 16.5. The SMILES string of the molecule is O=C(N/N=C/c1c(O)ccc2ccccc12)c1cc2cc(Br)cc(I)c2o1. The average Bonchev–Trinajstić information content (AvgIpc) is 3.08. The number of aromatic hydroxyl groups is 1. The minimum Gasteiger partial charge on any atom is -0.507 e. The van der Waals surface area contributed by atoms with Crippen LogP contribution < -0.4 is 5.43 Å². The van der Waals surface area contributed by atoms with Gasteiger partial charge in [0, 0.05) is 15.4 Å². The number of hydrogen-bond donors (Lipinski definition) is 2. The number of benzene rings is 3. The van der Waals surface area contributed by atoms with Crippen molar-refractivity contribution in [3.63, 3.8) is 0 Å². The molecule has 4 aromatic rings. The molecule has 3 aromatic carbocycles. The number of phenolic OH excluding ortho intramolecular Hbond substituents is 1. The lowest BCUT2D eigenvalue weighted by atomic mass is 10.0. The van der Waals surface area contributed by atoms with Crippen LogP contribution in [0.2, 0.25) is 0 Å². The molecule has 0 aliphatic rings. The summed E-state index contributed by atoms with van der Waals surface area (Å²) >= 11 is 5.59. The van der Waals surface area contributed by atoms with Crippen molar-refractivity contribution in [1.82, 2.24) is 5.43 Å². The number of carbonyl (C=O) groups excluding carboxylic acids is 1. The predicted octanol–water partition coefficient (Wildman–Crippen LogP) is 5.42. The standard InChI is InChI=1S/C20H12BrIN2O3/c21-13-7-12-8-18(27-19(12)16(22)9-13)20(26)24-23-10-15-14-4-2-1-3-11(14)5-6-17(15)25/h1-10,25H,(H,24,26)/b23-10+. The molecule has 0 aliphatic carbocycles. The summed E-state index contributed by atoms with van der Waals surface area (Å²) < 4.78 is 7.47. The van der Waals surface area contributed by atoms with Crippen LogP contribution in [0.1, 0.15) is 16.1 Å². The lowest BCUT2D eigenvalue weighted by molar-refractivity contribution is 0.0929. The van der Waals surface area contributed by atoms with Crippen LogP contribution in [0.3, 0.4) is 0 Å². The van der Waals surface area contributed by atoms with E-state index in [1.165, 1.54) is 6.21 Å². The predicted molar refractivity (Wildman–Crippen MR) is 117 cm³/mol. The van der Waals surface area contributed by atoms with Gasteiger partial charge in [0.25, 0.3) is 0 Å².